The second-order valence-electron chi connectivity index (χ2n) is 6.81. The molecule has 0 radical (unpaired) electrons. The van der Waals surface area contributed by atoms with Gasteiger partial charge in [0.2, 0.25) is 0 Å². The van der Waals surface area contributed by atoms with Gasteiger partial charge in [0.25, 0.3) is 5.91 Å². The average Bonchev–Trinajstić information content (AvgIpc) is 2.40. The predicted octanol–water partition coefficient (Wildman–Crippen LogP) is 2.47. The van der Waals surface area contributed by atoms with Gasteiger partial charge in [-0.05, 0) is 49.3 Å². The summed E-state index contributed by atoms with van der Waals surface area (Å²) in [5, 5.41) is 13.1. The summed E-state index contributed by atoms with van der Waals surface area (Å²) in [6.45, 7) is 4.50. The molecule has 0 aliphatic heterocycles. The van der Waals surface area contributed by atoms with Crippen molar-refractivity contribution in [2.24, 2.45) is 5.41 Å². The smallest absolute Gasteiger partial charge is 0.254 e. The largest absolute Gasteiger partial charge is 0.399 e. The molecule has 1 aliphatic carbocycles. The van der Waals surface area contributed by atoms with Gasteiger partial charge < -0.3 is 16.2 Å². The second kappa shape index (κ2) is 5.64. The molecule has 1 saturated carbocycles. The summed E-state index contributed by atoms with van der Waals surface area (Å²) < 4.78 is 13.7. The summed E-state index contributed by atoms with van der Waals surface area (Å²) >= 11 is 0. The van der Waals surface area contributed by atoms with Crippen LogP contribution in [0, 0.1) is 11.2 Å². The van der Waals surface area contributed by atoms with Crippen LogP contribution in [0.5, 0.6) is 0 Å². The van der Waals surface area contributed by atoms with E-state index in [1.165, 1.54) is 12.1 Å². The van der Waals surface area contributed by atoms with Crippen molar-refractivity contribution in [3.8, 4) is 0 Å². The van der Waals surface area contributed by atoms with Crippen LogP contribution < -0.4 is 11.1 Å². The van der Waals surface area contributed by atoms with E-state index in [1.54, 1.807) is 0 Å². The Bertz CT molecular complexity index is 533. The fraction of sp³-hybridized carbons (Fsp3) is 0.562. The molecule has 4 N–H and O–H groups in total. The summed E-state index contributed by atoms with van der Waals surface area (Å²) in [5.41, 5.74) is 5.02. The molecule has 0 saturated heterocycles. The molecular weight excluding hydrogens is 271 g/mol. The quantitative estimate of drug-likeness (QED) is 0.750. The minimum absolute atomic E-state index is 0.0519. The molecule has 21 heavy (non-hydrogen) atoms. The molecule has 5 heteroatoms. The Kier molecular flexibility index (Phi) is 4.23. The van der Waals surface area contributed by atoms with Gasteiger partial charge in [-0.1, -0.05) is 13.8 Å². The number of anilines is 1. The number of carbonyl (C=O) groups is 1. The summed E-state index contributed by atoms with van der Waals surface area (Å²) in [5.74, 6) is -1.17. The van der Waals surface area contributed by atoms with Crippen LogP contribution in [-0.4, -0.2) is 23.2 Å². The van der Waals surface area contributed by atoms with E-state index in [-0.39, 0.29) is 23.2 Å². The van der Waals surface area contributed by atoms with Crippen LogP contribution in [0.2, 0.25) is 0 Å². The first-order valence-corrected chi connectivity index (χ1v) is 7.26. The topological polar surface area (TPSA) is 75.3 Å². The van der Waals surface area contributed by atoms with Crippen LogP contribution >= 0.6 is 0 Å². The van der Waals surface area contributed by atoms with Crippen molar-refractivity contribution in [1.82, 2.24) is 5.32 Å². The Labute approximate surface area is 124 Å². The Hall–Kier alpha value is -1.62. The highest BCUT2D eigenvalue weighted by Gasteiger charge is 2.36. The van der Waals surface area contributed by atoms with Crippen LogP contribution in [0.1, 0.15) is 49.9 Å². The van der Waals surface area contributed by atoms with E-state index in [0.29, 0.717) is 12.8 Å². The van der Waals surface area contributed by atoms with Crippen molar-refractivity contribution < 1.29 is 14.3 Å². The van der Waals surface area contributed by atoms with E-state index in [9.17, 15) is 14.3 Å². The minimum Gasteiger partial charge on any atom is -0.399 e. The number of nitrogens with one attached hydrogen (secondary N) is 1. The lowest BCUT2D eigenvalue weighted by Gasteiger charge is -2.40. The van der Waals surface area contributed by atoms with E-state index in [4.69, 9.17) is 5.73 Å². The molecule has 4 nitrogen and oxygen atoms in total. The first kappa shape index (κ1) is 15.8. The third-order valence-electron chi connectivity index (χ3n) is 4.35. The van der Waals surface area contributed by atoms with Gasteiger partial charge in [-0.3, -0.25) is 4.79 Å². The first-order chi connectivity index (χ1) is 9.71. The zero-order valence-corrected chi connectivity index (χ0v) is 12.6. The number of halogens is 1. The lowest BCUT2D eigenvalue weighted by atomic mass is 9.71. The third kappa shape index (κ3) is 3.94. The van der Waals surface area contributed by atoms with Crippen molar-refractivity contribution in [3.63, 3.8) is 0 Å². The standard InChI is InChI=1S/C16H23FN2O2/c1-15(2)5-7-16(21,8-6-15)10-19-14(20)12-4-3-11(18)9-13(12)17/h3-4,9,21H,5-8,10,18H2,1-2H3,(H,19,20). The molecule has 1 aromatic rings. The van der Waals surface area contributed by atoms with Gasteiger partial charge in [-0.2, -0.15) is 0 Å². The summed E-state index contributed by atoms with van der Waals surface area (Å²) in [6.07, 6.45) is 3.11. The van der Waals surface area contributed by atoms with Crippen LogP contribution in [0.4, 0.5) is 10.1 Å². The lowest BCUT2D eigenvalue weighted by Crippen LogP contribution is -2.46. The third-order valence-corrected chi connectivity index (χ3v) is 4.35. The van der Waals surface area contributed by atoms with Crippen LogP contribution in [-0.2, 0) is 0 Å². The fourth-order valence-electron chi connectivity index (χ4n) is 2.62. The van der Waals surface area contributed by atoms with Gasteiger partial charge in [0.1, 0.15) is 5.82 Å². The minimum atomic E-state index is -0.893. The molecule has 0 heterocycles. The number of nitrogen functional groups attached to an aromatic ring is 1. The zero-order chi connectivity index (χ0) is 15.7. The highest BCUT2D eigenvalue weighted by atomic mass is 19.1. The van der Waals surface area contributed by atoms with E-state index in [1.807, 2.05) is 0 Å². The predicted molar refractivity (Wildman–Crippen MR) is 80.3 cm³/mol. The Balaban J connectivity index is 1.95. The van der Waals surface area contributed by atoms with E-state index in [0.717, 1.165) is 18.9 Å². The Morgan fingerprint density at radius 3 is 2.52 bits per heavy atom. The SMILES string of the molecule is CC1(C)CCC(O)(CNC(=O)c2ccc(N)cc2F)CC1. The molecule has 1 aliphatic rings. The molecule has 1 amide bonds. The number of hydrogen-bond donors (Lipinski definition) is 3. The van der Waals surface area contributed by atoms with Gasteiger partial charge in [0.05, 0.1) is 11.2 Å². The van der Waals surface area contributed by atoms with Gasteiger partial charge >= 0.3 is 0 Å². The molecule has 0 unspecified atom stereocenters. The number of aliphatic hydroxyl groups is 1. The van der Waals surface area contributed by atoms with Crippen molar-refractivity contribution >= 4 is 11.6 Å². The molecule has 0 aromatic heterocycles. The monoisotopic (exact) mass is 294 g/mol. The molecular formula is C16H23FN2O2. The number of rotatable bonds is 3. The summed E-state index contributed by atoms with van der Waals surface area (Å²) in [4.78, 5) is 12.0. The summed E-state index contributed by atoms with van der Waals surface area (Å²) in [7, 11) is 0. The highest BCUT2D eigenvalue weighted by Crippen LogP contribution is 2.39. The van der Waals surface area contributed by atoms with Crippen molar-refractivity contribution in [2.45, 2.75) is 45.1 Å². The Morgan fingerprint density at radius 1 is 1.33 bits per heavy atom. The maximum atomic E-state index is 13.7. The molecule has 1 aromatic carbocycles. The average molecular weight is 294 g/mol. The van der Waals surface area contributed by atoms with Crippen LogP contribution in [0.25, 0.3) is 0 Å². The fourth-order valence-corrected chi connectivity index (χ4v) is 2.62. The normalized spacial score (nSPS) is 20.0. The van der Waals surface area contributed by atoms with E-state index in [2.05, 4.69) is 19.2 Å². The highest BCUT2D eigenvalue weighted by molar-refractivity contribution is 5.94. The van der Waals surface area contributed by atoms with Crippen LogP contribution in [0.15, 0.2) is 18.2 Å². The number of carbonyl (C=O) groups excluding carboxylic acids is 1. The molecule has 116 valence electrons. The van der Waals surface area contributed by atoms with Crippen LogP contribution in [0.3, 0.4) is 0 Å². The lowest BCUT2D eigenvalue weighted by molar-refractivity contribution is -0.0233. The first-order valence-electron chi connectivity index (χ1n) is 7.26. The van der Waals surface area contributed by atoms with Crippen molar-refractivity contribution in [2.75, 3.05) is 12.3 Å². The number of amides is 1. The molecule has 2 rings (SSSR count). The molecule has 1 fully saturated rings. The molecule has 0 spiro atoms. The van der Waals surface area contributed by atoms with Gasteiger partial charge in [-0.15, -0.1) is 0 Å². The van der Waals surface area contributed by atoms with Crippen molar-refractivity contribution in [1.29, 1.82) is 0 Å². The number of hydrogen-bond acceptors (Lipinski definition) is 3. The van der Waals surface area contributed by atoms with Gasteiger partial charge in [0, 0.05) is 12.2 Å². The van der Waals surface area contributed by atoms with Gasteiger partial charge in [0.15, 0.2) is 0 Å². The Morgan fingerprint density at radius 2 is 1.95 bits per heavy atom. The van der Waals surface area contributed by atoms with Gasteiger partial charge in [-0.25, -0.2) is 4.39 Å². The number of benzene rings is 1. The van der Waals surface area contributed by atoms with E-state index >= 15 is 0 Å². The zero-order valence-electron chi connectivity index (χ0n) is 12.6. The van der Waals surface area contributed by atoms with E-state index < -0.39 is 17.3 Å². The van der Waals surface area contributed by atoms with Crippen molar-refractivity contribution in [3.05, 3.63) is 29.6 Å². The maximum absolute atomic E-state index is 13.7. The summed E-state index contributed by atoms with van der Waals surface area (Å²) in [6, 6.07) is 3.95. The molecule has 0 atom stereocenters. The molecule has 0 bridgehead atoms. The second-order valence-corrected chi connectivity index (χ2v) is 6.81. The number of nitrogens with two attached hydrogens (primary N) is 1. The maximum Gasteiger partial charge on any atom is 0.254 e.